The number of aromatic nitrogens is 1. The Morgan fingerprint density at radius 2 is 1.84 bits per heavy atom. The maximum Gasteiger partial charge on any atom is 0.123 e. The average molecular weight is 255 g/mol. The van der Waals surface area contributed by atoms with Gasteiger partial charge < -0.3 is 0 Å². The van der Waals surface area contributed by atoms with Crippen LogP contribution >= 0.6 is 0 Å². The number of halogens is 1. The van der Waals surface area contributed by atoms with E-state index >= 15 is 0 Å². The van der Waals surface area contributed by atoms with Crippen molar-refractivity contribution in [2.45, 2.75) is 38.0 Å². The van der Waals surface area contributed by atoms with Gasteiger partial charge >= 0.3 is 0 Å². The molecule has 1 nitrogen and oxygen atoms in total. The first-order valence-corrected chi connectivity index (χ1v) is 7.35. The third-order valence-electron chi connectivity index (χ3n) is 5.17. The second-order valence-corrected chi connectivity index (χ2v) is 6.18. The van der Waals surface area contributed by atoms with E-state index in [1.807, 2.05) is 6.20 Å². The zero-order chi connectivity index (χ0) is 12.8. The fourth-order valence-electron chi connectivity index (χ4n) is 4.31. The zero-order valence-corrected chi connectivity index (χ0v) is 11.0. The van der Waals surface area contributed by atoms with Crippen molar-refractivity contribution in [3.05, 3.63) is 41.8 Å². The van der Waals surface area contributed by atoms with E-state index in [0.717, 1.165) is 22.7 Å². The largest absolute Gasteiger partial charge is 0.256 e. The molecule has 1 aromatic carbocycles. The Morgan fingerprint density at radius 3 is 2.63 bits per heavy atom. The molecule has 1 heterocycles. The first-order valence-electron chi connectivity index (χ1n) is 7.35. The van der Waals surface area contributed by atoms with E-state index in [2.05, 4.69) is 11.1 Å². The van der Waals surface area contributed by atoms with Crippen molar-refractivity contribution < 1.29 is 4.39 Å². The number of nitrogens with zero attached hydrogens (tertiary/aromatic N) is 1. The molecule has 2 aromatic rings. The molecule has 0 amide bonds. The minimum Gasteiger partial charge on any atom is -0.256 e. The molecular formula is C17H18FN. The molecule has 2 aliphatic rings. The summed E-state index contributed by atoms with van der Waals surface area (Å²) in [6.45, 7) is 0. The molecule has 0 spiro atoms. The van der Waals surface area contributed by atoms with Gasteiger partial charge in [0.1, 0.15) is 5.82 Å². The Bertz CT molecular complexity index is 610. The van der Waals surface area contributed by atoms with Crippen molar-refractivity contribution >= 4 is 10.9 Å². The highest BCUT2D eigenvalue weighted by Gasteiger charge is 2.38. The predicted octanol–water partition coefficient (Wildman–Crippen LogP) is 4.67. The van der Waals surface area contributed by atoms with Crippen LogP contribution in [0.2, 0.25) is 0 Å². The van der Waals surface area contributed by atoms with Crippen LogP contribution in [-0.2, 0) is 0 Å². The van der Waals surface area contributed by atoms with Crippen LogP contribution in [0.15, 0.2) is 30.5 Å². The molecule has 2 unspecified atom stereocenters. The molecule has 0 radical (unpaired) electrons. The summed E-state index contributed by atoms with van der Waals surface area (Å²) in [6, 6.07) is 7.06. The van der Waals surface area contributed by atoms with Crippen LogP contribution in [0.25, 0.3) is 10.9 Å². The molecule has 98 valence electrons. The highest BCUT2D eigenvalue weighted by atomic mass is 19.1. The van der Waals surface area contributed by atoms with Crippen molar-refractivity contribution in [2.24, 2.45) is 11.8 Å². The van der Waals surface area contributed by atoms with E-state index < -0.39 is 0 Å². The fourth-order valence-corrected chi connectivity index (χ4v) is 4.31. The number of rotatable bonds is 1. The molecule has 0 aliphatic heterocycles. The van der Waals surface area contributed by atoms with Crippen LogP contribution in [0, 0.1) is 17.7 Å². The van der Waals surface area contributed by atoms with Crippen LogP contribution in [0.4, 0.5) is 4.39 Å². The average Bonchev–Trinajstić information content (AvgIpc) is 2.98. The van der Waals surface area contributed by atoms with Gasteiger partial charge in [-0.05, 0) is 60.4 Å². The molecule has 19 heavy (non-hydrogen) atoms. The normalized spacial score (nSPS) is 29.8. The quantitative estimate of drug-likeness (QED) is 0.721. The Morgan fingerprint density at radius 1 is 1.05 bits per heavy atom. The van der Waals surface area contributed by atoms with Crippen LogP contribution < -0.4 is 0 Å². The van der Waals surface area contributed by atoms with E-state index in [4.69, 9.17) is 0 Å². The van der Waals surface area contributed by atoms with Crippen molar-refractivity contribution in [1.29, 1.82) is 0 Å². The summed E-state index contributed by atoms with van der Waals surface area (Å²) >= 11 is 0. The Balaban J connectivity index is 1.77. The maximum atomic E-state index is 13.5. The van der Waals surface area contributed by atoms with Crippen molar-refractivity contribution in [3.63, 3.8) is 0 Å². The van der Waals surface area contributed by atoms with E-state index in [0.29, 0.717) is 5.92 Å². The van der Waals surface area contributed by atoms with Gasteiger partial charge in [-0.15, -0.1) is 0 Å². The molecular weight excluding hydrogens is 237 g/mol. The van der Waals surface area contributed by atoms with Crippen LogP contribution in [-0.4, -0.2) is 4.98 Å². The monoisotopic (exact) mass is 255 g/mol. The molecule has 2 aliphatic carbocycles. The summed E-state index contributed by atoms with van der Waals surface area (Å²) in [6.07, 6.45) is 8.68. The van der Waals surface area contributed by atoms with Gasteiger partial charge in [0.25, 0.3) is 0 Å². The Hall–Kier alpha value is -1.44. The molecule has 1 aromatic heterocycles. The molecule has 0 N–H and O–H groups in total. The lowest BCUT2D eigenvalue weighted by molar-refractivity contribution is 0.457. The van der Waals surface area contributed by atoms with Gasteiger partial charge in [0, 0.05) is 11.6 Å². The van der Waals surface area contributed by atoms with Gasteiger partial charge in [-0.25, -0.2) is 4.39 Å². The SMILES string of the molecule is Fc1ccc2nccc(C3CC4CCC[C@H]4C3)c2c1. The molecule has 2 fully saturated rings. The Kier molecular flexibility index (Phi) is 2.57. The van der Waals surface area contributed by atoms with Crippen LogP contribution in [0.1, 0.15) is 43.6 Å². The summed E-state index contributed by atoms with van der Waals surface area (Å²) in [7, 11) is 0. The third kappa shape index (κ3) is 1.85. The first-order chi connectivity index (χ1) is 9.31. The minimum atomic E-state index is -0.153. The maximum absolute atomic E-state index is 13.5. The number of hydrogen-bond donors (Lipinski definition) is 0. The van der Waals surface area contributed by atoms with E-state index in [1.165, 1.54) is 43.7 Å². The lowest BCUT2D eigenvalue weighted by Gasteiger charge is -2.14. The first kappa shape index (κ1) is 11.4. The predicted molar refractivity (Wildman–Crippen MR) is 74.5 cm³/mol. The van der Waals surface area contributed by atoms with Crippen LogP contribution in [0.3, 0.4) is 0 Å². The summed E-state index contributed by atoms with van der Waals surface area (Å²) < 4.78 is 13.5. The number of benzene rings is 1. The standard InChI is InChI=1S/C17H18FN/c18-14-4-5-17-16(10-14)15(6-7-19-17)13-8-11-2-1-3-12(11)9-13/h4-7,10-13H,1-3,8-9H2/t11-,12?,13?/m0/s1. The van der Waals surface area contributed by atoms with Gasteiger partial charge in [-0.3, -0.25) is 4.98 Å². The topological polar surface area (TPSA) is 12.9 Å². The van der Waals surface area contributed by atoms with Crippen molar-refractivity contribution in [1.82, 2.24) is 4.98 Å². The number of pyridine rings is 1. The van der Waals surface area contributed by atoms with Gasteiger partial charge in [0.15, 0.2) is 0 Å². The van der Waals surface area contributed by atoms with Crippen molar-refractivity contribution in [2.75, 3.05) is 0 Å². The lowest BCUT2D eigenvalue weighted by Crippen LogP contribution is -1.97. The minimum absolute atomic E-state index is 0.153. The molecule has 3 atom stereocenters. The smallest absolute Gasteiger partial charge is 0.123 e. The number of fused-ring (bicyclic) bond motifs is 2. The Labute approximate surface area is 112 Å². The molecule has 0 saturated heterocycles. The summed E-state index contributed by atoms with van der Waals surface area (Å²) in [4.78, 5) is 4.36. The molecule has 4 rings (SSSR count). The van der Waals surface area contributed by atoms with Gasteiger partial charge in [0.2, 0.25) is 0 Å². The van der Waals surface area contributed by atoms with E-state index in [-0.39, 0.29) is 5.82 Å². The summed E-state index contributed by atoms with van der Waals surface area (Å²) in [5, 5.41) is 1.02. The van der Waals surface area contributed by atoms with Crippen LogP contribution in [0.5, 0.6) is 0 Å². The second kappa shape index (κ2) is 4.29. The van der Waals surface area contributed by atoms with Gasteiger partial charge in [0.05, 0.1) is 5.52 Å². The summed E-state index contributed by atoms with van der Waals surface area (Å²) in [5.74, 6) is 2.30. The molecule has 0 bridgehead atoms. The molecule has 2 saturated carbocycles. The third-order valence-corrected chi connectivity index (χ3v) is 5.17. The number of hydrogen-bond acceptors (Lipinski definition) is 1. The lowest BCUT2D eigenvalue weighted by atomic mass is 9.92. The van der Waals surface area contributed by atoms with Gasteiger partial charge in [-0.1, -0.05) is 19.3 Å². The van der Waals surface area contributed by atoms with E-state index in [1.54, 1.807) is 12.1 Å². The van der Waals surface area contributed by atoms with E-state index in [9.17, 15) is 4.39 Å². The van der Waals surface area contributed by atoms with Gasteiger partial charge in [-0.2, -0.15) is 0 Å². The molecule has 2 heteroatoms. The summed E-state index contributed by atoms with van der Waals surface area (Å²) in [5.41, 5.74) is 2.25. The fraction of sp³-hybridized carbons (Fsp3) is 0.471. The second-order valence-electron chi connectivity index (χ2n) is 6.18. The highest BCUT2D eigenvalue weighted by Crippen LogP contribution is 2.51. The zero-order valence-electron chi connectivity index (χ0n) is 11.0. The highest BCUT2D eigenvalue weighted by molar-refractivity contribution is 5.82. The van der Waals surface area contributed by atoms with Crippen molar-refractivity contribution in [3.8, 4) is 0 Å².